The van der Waals surface area contributed by atoms with Crippen molar-refractivity contribution in [2.45, 2.75) is 32.2 Å². The van der Waals surface area contributed by atoms with E-state index < -0.39 is 0 Å². The number of piperidine rings is 1. The Bertz CT molecular complexity index is 1550. The number of rotatable bonds is 4. The van der Waals surface area contributed by atoms with Gasteiger partial charge in [-0.1, -0.05) is 47.7 Å². The lowest BCUT2D eigenvalue weighted by atomic mass is 9.75. The number of benzene rings is 2. The molecule has 0 saturated carbocycles. The molecule has 0 atom stereocenters. The molecule has 11 heteroatoms. The first kappa shape index (κ1) is 29.3. The molecule has 0 radical (unpaired) electrons. The molecular weight excluding hydrogens is 556 g/mol. The molecule has 2 aliphatic heterocycles. The van der Waals surface area contributed by atoms with Crippen molar-refractivity contribution in [3.8, 4) is 5.75 Å². The van der Waals surface area contributed by atoms with Crippen LogP contribution in [0.1, 0.15) is 52.1 Å². The maximum atomic E-state index is 14.2. The molecule has 2 aromatic heterocycles. The predicted molar refractivity (Wildman–Crippen MR) is 165 cm³/mol. The van der Waals surface area contributed by atoms with E-state index in [9.17, 15) is 9.59 Å². The average molecular weight is 595 g/mol. The average Bonchev–Trinajstić information content (AvgIpc) is 3.51. The van der Waals surface area contributed by atoms with E-state index in [1.165, 1.54) is 10.9 Å². The molecule has 4 heterocycles. The molecule has 1 saturated heterocycles. The number of ether oxygens (including phenoxy) is 1. The number of carbonyl (C=O) groups excluding carboxylic acids is 2. The summed E-state index contributed by atoms with van der Waals surface area (Å²) in [6.45, 7) is 4.10. The Kier molecular flexibility index (Phi) is 8.81. The zero-order valence-electron chi connectivity index (χ0n) is 25.1. The summed E-state index contributed by atoms with van der Waals surface area (Å²) in [7, 11) is 1.73. The normalized spacial score (nSPS) is 17.7. The van der Waals surface area contributed by atoms with Crippen LogP contribution < -0.4 is 9.64 Å². The first-order valence-electron chi connectivity index (χ1n) is 15.2. The Morgan fingerprint density at radius 1 is 0.909 bits per heavy atom. The minimum absolute atomic E-state index is 0.0545. The summed E-state index contributed by atoms with van der Waals surface area (Å²) < 4.78 is 8.07. The summed E-state index contributed by atoms with van der Waals surface area (Å²) in [5.74, 6) is 1.27. The third-order valence-corrected chi connectivity index (χ3v) is 8.85. The largest absolute Gasteiger partial charge is 0.492 e. The van der Waals surface area contributed by atoms with E-state index in [1.54, 1.807) is 25.6 Å². The van der Waals surface area contributed by atoms with Crippen LogP contribution in [-0.2, 0) is 13.6 Å². The SMILES string of the molecule is Cn1nncc1C(=O)N1CCC2(CCCN(c3cnccn3)CCN(Cc3ccccc3)C(=O)c3ccccc3OC2)CC1. The van der Waals surface area contributed by atoms with Gasteiger partial charge in [-0.2, -0.15) is 0 Å². The van der Waals surface area contributed by atoms with E-state index in [0.29, 0.717) is 56.3 Å². The molecule has 228 valence electrons. The lowest BCUT2D eigenvalue weighted by molar-refractivity contribution is 0.0357. The molecule has 0 N–H and O–H groups in total. The number of hydrogen-bond donors (Lipinski definition) is 0. The lowest BCUT2D eigenvalue weighted by Gasteiger charge is -2.42. The Labute approximate surface area is 257 Å². The molecule has 0 unspecified atom stereocenters. The number of likely N-dealkylation sites (tertiary alicyclic amines) is 1. The second-order valence-electron chi connectivity index (χ2n) is 11.7. The van der Waals surface area contributed by atoms with Gasteiger partial charge in [0.1, 0.15) is 17.3 Å². The maximum absolute atomic E-state index is 14.2. The fourth-order valence-electron chi connectivity index (χ4n) is 6.20. The third kappa shape index (κ3) is 6.56. The predicted octanol–water partition coefficient (Wildman–Crippen LogP) is 3.85. The molecule has 44 heavy (non-hydrogen) atoms. The van der Waals surface area contributed by atoms with Crippen LogP contribution in [0.15, 0.2) is 79.4 Å². The number of anilines is 1. The molecule has 2 aliphatic rings. The summed E-state index contributed by atoms with van der Waals surface area (Å²) in [4.78, 5) is 42.3. The monoisotopic (exact) mass is 594 g/mol. The van der Waals surface area contributed by atoms with Gasteiger partial charge in [-0.25, -0.2) is 9.67 Å². The highest BCUT2D eigenvalue weighted by molar-refractivity contribution is 5.97. The Morgan fingerprint density at radius 2 is 1.70 bits per heavy atom. The van der Waals surface area contributed by atoms with Gasteiger partial charge in [-0.05, 0) is 43.4 Å². The molecule has 4 aromatic rings. The number of hydrogen-bond acceptors (Lipinski definition) is 8. The second-order valence-corrected chi connectivity index (χ2v) is 11.7. The number of para-hydroxylation sites is 1. The van der Waals surface area contributed by atoms with Crippen LogP contribution in [0.25, 0.3) is 0 Å². The highest BCUT2D eigenvalue weighted by Gasteiger charge is 2.38. The van der Waals surface area contributed by atoms with Crippen molar-refractivity contribution in [3.63, 3.8) is 0 Å². The zero-order valence-corrected chi connectivity index (χ0v) is 25.1. The van der Waals surface area contributed by atoms with E-state index in [2.05, 4.69) is 25.2 Å². The molecule has 1 fully saturated rings. The molecule has 2 aromatic carbocycles. The third-order valence-electron chi connectivity index (χ3n) is 8.85. The van der Waals surface area contributed by atoms with E-state index in [1.807, 2.05) is 64.4 Å². The highest BCUT2D eigenvalue weighted by atomic mass is 16.5. The van der Waals surface area contributed by atoms with Crippen molar-refractivity contribution in [1.82, 2.24) is 34.8 Å². The summed E-state index contributed by atoms with van der Waals surface area (Å²) in [6.07, 6.45) is 10.1. The van der Waals surface area contributed by atoms with Crippen LogP contribution in [0.3, 0.4) is 0 Å². The number of nitrogens with zero attached hydrogens (tertiary/aromatic N) is 8. The van der Waals surface area contributed by atoms with Gasteiger partial charge in [-0.3, -0.25) is 14.6 Å². The van der Waals surface area contributed by atoms with Crippen LogP contribution in [0, 0.1) is 5.41 Å². The minimum atomic E-state index is -0.149. The molecule has 2 amide bonds. The number of aryl methyl sites for hydroxylation is 1. The van der Waals surface area contributed by atoms with E-state index in [0.717, 1.165) is 43.6 Å². The zero-order chi connectivity index (χ0) is 30.4. The van der Waals surface area contributed by atoms with Gasteiger partial charge in [0.15, 0.2) is 0 Å². The second kappa shape index (κ2) is 13.2. The molecule has 6 rings (SSSR count). The smallest absolute Gasteiger partial charge is 0.273 e. The van der Waals surface area contributed by atoms with Crippen molar-refractivity contribution in [2.24, 2.45) is 12.5 Å². The molecule has 1 spiro atoms. The summed E-state index contributed by atoms with van der Waals surface area (Å²) in [5.41, 5.74) is 1.96. The minimum Gasteiger partial charge on any atom is -0.492 e. The summed E-state index contributed by atoms with van der Waals surface area (Å²) in [5, 5.41) is 7.80. The molecule has 0 bridgehead atoms. The van der Waals surface area contributed by atoms with Crippen molar-refractivity contribution in [1.29, 1.82) is 0 Å². The molecule has 0 aliphatic carbocycles. The van der Waals surface area contributed by atoms with Crippen molar-refractivity contribution < 1.29 is 14.3 Å². The van der Waals surface area contributed by atoms with Crippen molar-refractivity contribution in [3.05, 3.63) is 96.2 Å². The van der Waals surface area contributed by atoms with Crippen LogP contribution >= 0.6 is 0 Å². The van der Waals surface area contributed by atoms with Gasteiger partial charge in [-0.15, -0.1) is 5.10 Å². The van der Waals surface area contributed by atoms with Gasteiger partial charge in [0.25, 0.3) is 11.8 Å². The van der Waals surface area contributed by atoms with Crippen molar-refractivity contribution >= 4 is 17.6 Å². The van der Waals surface area contributed by atoms with E-state index in [4.69, 9.17) is 4.74 Å². The first-order chi connectivity index (χ1) is 21.5. The number of fused-ring (bicyclic) bond motifs is 1. The van der Waals surface area contributed by atoms with Gasteiger partial charge in [0.2, 0.25) is 0 Å². The number of amides is 2. The van der Waals surface area contributed by atoms with Crippen LogP contribution in [-0.4, -0.2) is 85.9 Å². The van der Waals surface area contributed by atoms with Gasteiger partial charge >= 0.3 is 0 Å². The Morgan fingerprint density at radius 3 is 2.45 bits per heavy atom. The first-order valence-corrected chi connectivity index (χ1v) is 15.2. The van der Waals surface area contributed by atoms with Crippen LogP contribution in [0.2, 0.25) is 0 Å². The summed E-state index contributed by atoms with van der Waals surface area (Å²) >= 11 is 0. The number of aromatic nitrogens is 5. The molecular formula is C33H38N8O3. The lowest BCUT2D eigenvalue weighted by Crippen LogP contribution is -2.46. The molecule has 11 nitrogen and oxygen atoms in total. The topological polar surface area (TPSA) is 110 Å². The van der Waals surface area contributed by atoms with Crippen molar-refractivity contribution in [2.75, 3.05) is 44.2 Å². The summed E-state index contributed by atoms with van der Waals surface area (Å²) in [6, 6.07) is 17.6. The van der Waals surface area contributed by atoms with E-state index >= 15 is 0 Å². The van der Waals surface area contributed by atoms with Crippen LogP contribution in [0.5, 0.6) is 5.75 Å². The Hall–Kier alpha value is -4.80. The van der Waals surface area contributed by atoms with Gasteiger partial charge in [0.05, 0.1) is 24.6 Å². The fraction of sp³-hybridized carbons (Fsp3) is 0.394. The van der Waals surface area contributed by atoms with Gasteiger partial charge in [0, 0.05) is 64.1 Å². The van der Waals surface area contributed by atoms with Crippen LogP contribution in [0.4, 0.5) is 5.82 Å². The maximum Gasteiger partial charge on any atom is 0.273 e. The standard InChI is InChI=1S/C33H38N8O3/c1-38-28(22-36-37-38)32(43)40-18-13-33(14-19-40)12-7-17-39(30-23-34-15-16-35-30)20-21-41(24-26-8-3-2-4-9-26)31(42)27-10-5-6-11-29(27)44-25-33/h2-6,8-11,15-16,22-23H,7,12-14,17-21,24-25H2,1H3. The number of carbonyl (C=O) groups is 2. The van der Waals surface area contributed by atoms with E-state index in [-0.39, 0.29) is 17.2 Å². The fourth-order valence-corrected chi connectivity index (χ4v) is 6.20. The highest BCUT2D eigenvalue weighted by Crippen LogP contribution is 2.38. The quantitative estimate of drug-likeness (QED) is 0.351. The van der Waals surface area contributed by atoms with Gasteiger partial charge < -0.3 is 19.4 Å². The Balaban J connectivity index is 1.28.